The van der Waals surface area contributed by atoms with E-state index in [0.29, 0.717) is 21.8 Å². The molecule has 0 aliphatic rings. The lowest BCUT2D eigenvalue weighted by Gasteiger charge is -2.19. The van der Waals surface area contributed by atoms with E-state index in [1.807, 2.05) is 17.5 Å². The van der Waals surface area contributed by atoms with Crippen LogP contribution in [0.2, 0.25) is 0 Å². The van der Waals surface area contributed by atoms with Gasteiger partial charge in [-0.25, -0.2) is 0 Å². The van der Waals surface area contributed by atoms with Gasteiger partial charge in [-0.15, -0.1) is 11.3 Å². The Bertz CT molecular complexity index is 1080. The second kappa shape index (κ2) is 10.2. The van der Waals surface area contributed by atoms with Crippen LogP contribution >= 0.6 is 11.3 Å². The zero-order valence-corrected chi connectivity index (χ0v) is 19.2. The molecule has 0 saturated heterocycles. The van der Waals surface area contributed by atoms with Crippen molar-refractivity contribution in [3.8, 4) is 0 Å². The highest BCUT2D eigenvalue weighted by atomic mass is 32.1. The lowest BCUT2D eigenvalue weighted by Crippen LogP contribution is -2.27. The monoisotopic (exact) mass is 449 g/mol. The molecule has 3 rings (SSSR count). The molecule has 3 amide bonds. The molecule has 0 aliphatic heterocycles. The number of benzene rings is 2. The Morgan fingerprint density at radius 1 is 0.812 bits per heavy atom. The maximum absolute atomic E-state index is 12.7. The van der Waals surface area contributed by atoms with Gasteiger partial charge >= 0.3 is 0 Å². The van der Waals surface area contributed by atoms with Crippen LogP contribution in [0, 0.1) is 0 Å². The van der Waals surface area contributed by atoms with Gasteiger partial charge in [-0.05, 0) is 46.7 Å². The Morgan fingerprint density at radius 2 is 1.47 bits per heavy atom. The Balaban J connectivity index is 1.57. The molecular weight excluding hydrogens is 422 g/mol. The largest absolute Gasteiger partial charge is 0.351 e. The minimum Gasteiger partial charge on any atom is -0.351 e. The van der Waals surface area contributed by atoms with E-state index in [1.54, 1.807) is 48.5 Å². The number of anilines is 2. The number of carbonyl (C=O) groups excluding carboxylic acids is 3. The van der Waals surface area contributed by atoms with Crippen LogP contribution in [0.4, 0.5) is 11.4 Å². The molecule has 0 radical (unpaired) electrons. The van der Waals surface area contributed by atoms with Gasteiger partial charge in [-0.1, -0.05) is 51.1 Å². The Hall–Kier alpha value is -3.45. The second-order valence-electron chi connectivity index (χ2n) is 8.36. The van der Waals surface area contributed by atoms with E-state index in [4.69, 9.17) is 0 Å². The van der Waals surface area contributed by atoms with Gasteiger partial charge < -0.3 is 16.0 Å². The summed E-state index contributed by atoms with van der Waals surface area (Å²) in [7, 11) is 0. The lowest BCUT2D eigenvalue weighted by molar-refractivity contribution is -0.116. The number of amides is 3. The van der Waals surface area contributed by atoms with Crippen LogP contribution in [0.1, 0.15) is 52.8 Å². The van der Waals surface area contributed by atoms with Gasteiger partial charge in [0.25, 0.3) is 11.8 Å². The normalized spacial score (nSPS) is 11.0. The first-order valence-electron chi connectivity index (χ1n) is 10.4. The first-order chi connectivity index (χ1) is 15.2. The van der Waals surface area contributed by atoms with E-state index in [2.05, 4.69) is 36.7 Å². The fraction of sp³-hybridized carbons (Fsp3) is 0.240. The lowest BCUT2D eigenvalue weighted by atomic mass is 9.87. The highest BCUT2D eigenvalue weighted by Gasteiger charge is 2.15. The molecule has 0 saturated carbocycles. The smallest absolute Gasteiger partial charge is 0.261 e. The van der Waals surface area contributed by atoms with Crippen LogP contribution in [-0.4, -0.2) is 24.3 Å². The molecule has 3 aromatic rings. The number of hydrogen-bond donors (Lipinski definition) is 3. The molecule has 0 atom stereocenters. The van der Waals surface area contributed by atoms with E-state index in [1.165, 1.54) is 11.3 Å². The highest BCUT2D eigenvalue weighted by molar-refractivity contribution is 7.12. The molecule has 6 nitrogen and oxygen atoms in total. The molecule has 32 heavy (non-hydrogen) atoms. The first kappa shape index (κ1) is 23.2. The molecule has 0 aliphatic carbocycles. The molecule has 3 N–H and O–H groups in total. The Morgan fingerprint density at radius 3 is 2.06 bits per heavy atom. The van der Waals surface area contributed by atoms with Gasteiger partial charge in [-0.2, -0.15) is 0 Å². The van der Waals surface area contributed by atoms with E-state index < -0.39 is 0 Å². The zero-order chi connectivity index (χ0) is 23.1. The Labute approximate surface area is 192 Å². The van der Waals surface area contributed by atoms with Gasteiger partial charge in [0.1, 0.15) is 0 Å². The molecule has 0 spiro atoms. The van der Waals surface area contributed by atoms with Crippen LogP contribution in [0.5, 0.6) is 0 Å². The molecular formula is C25H27N3O3S. The number of rotatable bonds is 7. The number of para-hydroxylation sites is 2. The summed E-state index contributed by atoms with van der Waals surface area (Å²) < 4.78 is 0. The van der Waals surface area contributed by atoms with E-state index in [0.717, 1.165) is 5.56 Å². The van der Waals surface area contributed by atoms with E-state index in [-0.39, 0.29) is 36.1 Å². The van der Waals surface area contributed by atoms with Crippen molar-refractivity contribution in [1.82, 2.24) is 5.32 Å². The third-order valence-corrected chi connectivity index (χ3v) is 5.71. The first-order valence-corrected chi connectivity index (χ1v) is 11.2. The molecule has 1 heterocycles. The molecule has 1 aromatic heterocycles. The summed E-state index contributed by atoms with van der Waals surface area (Å²) in [5.74, 6) is -0.707. The molecule has 0 fully saturated rings. The summed E-state index contributed by atoms with van der Waals surface area (Å²) in [6.45, 7) is 6.58. The predicted octanol–water partition coefficient (Wildman–Crippen LogP) is 5.06. The van der Waals surface area contributed by atoms with Crippen molar-refractivity contribution in [3.05, 3.63) is 82.0 Å². The highest BCUT2D eigenvalue weighted by Crippen LogP contribution is 2.24. The van der Waals surface area contributed by atoms with Crippen molar-refractivity contribution in [2.24, 2.45) is 0 Å². The minimum absolute atomic E-state index is 0.00906. The van der Waals surface area contributed by atoms with Crippen LogP contribution in [0.3, 0.4) is 0 Å². The van der Waals surface area contributed by atoms with Crippen molar-refractivity contribution in [1.29, 1.82) is 0 Å². The van der Waals surface area contributed by atoms with Crippen molar-refractivity contribution in [2.75, 3.05) is 17.2 Å². The maximum Gasteiger partial charge on any atom is 0.261 e. The number of hydrogen-bond acceptors (Lipinski definition) is 4. The van der Waals surface area contributed by atoms with Crippen LogP contribution in [0.15, 0.2) is 66.0 Å². The second-order valence-corrected chi connectivity index (χ2v) is 9.31. The van der Waals surface area contributed by atoms with Crippen molar-refractivity contribution in [2.45, 2.75) is 32.6 Å². The fourth-order valence-electron chi connectivity index (χ4n) is 3.01. The SMILES string of the molecule is CC(C)(C)c1ccc(C(=O)Nc2ccccc2NC(=O)CCNC(=O)c2cccs2)cc1. The minimum atomic E-state index is -0.257. The van der Waals surface area contributed by atoms with Gasteiger partial charge in [0.2, 0.25) is 5.91 Å². The summed E-state index contributed by atoms with van der Waals surface area (Å²) in [5, 5.41) is 10.2. The summed E-state index contributed by atoms with van der Waals surface area (Å²) in [6, 6.07) is 18.1. The predicted molar refractivity (Wildman–Crippen MR) is 129 cm³/mol. The number of thiophene rings is 1. The summed E-state index contributed by atoms with van der Waals surface area (Å²) in [5.41, 5.74) is 2.70. The van der Waals surface area contributed by atoms with Gasteiger partial charge in [-0.3, -0.25) is 14.4 Å². The maximum atomic E-state index is 12.7. The Kier molecular flexibility index (Phi) is 7.43. The molecule has 0 bridgehead atoms. The summed E-state index contributed by atoms with van der Waals surface area (Å²) in [4.78, 5) is 37.6. The average Bonchev–Trinajstić information content (AvgIpc) is 3.29. The third-order valence-electron chi connectivity index (χ3n) is 4.85. The molecule has 0 unspecified atom stereocenters. The summed E-state index contributed by atoms with van der Waals surface area (Å²) in [6.07, 6.45) is 0.119. The molecule has 2 aromatic carbocycles. The number of carbonyl (C=O) groups is 3. The third kappa shape index (κ3) is 6.28. The van der Waals surface area contributed by atoms with Crippen LogP contribution in [-0.2, 0) is 10.2 Å². The van der Waals surface area contributed by atoms with E-state index >= 15 is 0 Å². The van der Waals surface area contributed by atoms with Crippen molar-refractivity contribution in [3.63, 3.8) is 0 Å². The topological polar surface area (TPSA) is 87.3 Å². The molecule has 166 valence electrons. The van der Waals surface area contributed by atoms with Crippen molar-refractivity contribution >= 4 is 40.4 Å². The van der Waals surface area contributed by atoms with Gasteiger partial charge in [0.15, 0.2) is 0 Å². The summed E-state index contributed by atoms with van der Waals surface area (Å²) >= 11 is 1.35. The fourth-order valence-corrected chi connectivity index (χ4v) is 3.65. The quantitative estimate of drug-likeness (QED) is 0.471. The van der Waals surface area contributed by atoms with Crippen LogP contribution < -0.4 is 16.0 Å². The van der Waals surface area contributed by atoms with Gasteiger partial charge in [0, 0.05) is 18.5 Å². The standard InChI is InChI=1S/C25H27N3O3S/c1-25(2,3)18-12-10-17(11-13-18)23(30)28-20-8-5-4-7-19(20)27-22(29)14-15-26-24(31)21-9-6-16-32-21/h4-13,16H,14-15H2,1-3H3,(H,26,31)(H,27,29)(H,28,30). The number of nitrogens with one attached hydrogen (secondary N) is 3. The van der Waals surface area contributed by atoms with Gasteiger partial charge in [0.05, 0.1) is 16.3 Å². The van der Waals surface area contributed by atoms with Crippen LogP contribution in [0.25, 0.3) is 0 Å². The van der Waals surface area contributed by atoms with Crippen molar-refractivity contribution < 1.29 is 14.4 Å². The average molecular weight is 450 g/mol. The van der Waals surface area contributed by atoms with E-state index in [9.17, 15) is 14.4 Å². The zero-order valence-electron chi connectivity index (χ0n) is 18.4. The molecule has 7 heteroatoms.